The lowest BCUT2D eigenvalue weighted by atomic mass is 10.1. The van der Waals surface area contributed by atoms with E-state index in [-0.39, 0.29) is 0 Å². The minimum absolute atomic E-state index is 0.869. The van der Waals surface area contributed by atoms with Crippen LogP contribution in [0, 0.1) is 6.58 Å². The van der Waals surface area contributed by atoms with E-state index in [1.54, 1.807) is 18.0 Å². The highest BCUT2D eigenvalue weighted by molar-refractivity contribution is 5.46. The van der Waals surface area contributed by atoms with Gasteiger partial charge in [-0.05, 0) is 19.3 Å². The predicted octanol–water partition coefficient (Wildman–Crippen LogP) is 2.01. The Morgan fingerprint density at radius 2 is 1.92 bits per heavy atom. The van der Waals surface area contributed by atoms with Crippen LogP contribution in [-0.4, -0.2) is 24.9 Å². The second-order valence-corrected chi connectivity index (χ2v) is 3.02. The number of rotatable bonds is 8. The summed E-state index contributed by atoms with van der Waals surface area (Å²) in [6.45, 7) is 6.10. The van der Waals surface area contributed by atoms with E-state index in [2.05, 4.69) is 0 Å². The first kappa shape index (κ1) is 11.2. The van der Waals surface area contributed by atoms with Gasteiger partial charge in [-0.1, -0.05) is 25.5 Å². The van der Waals surface area contributed by atoms with Crippen molar-refractivity contribution in [3.05, 3.63) is 12.7 Å². The van der Waals surface area contributed by atoms with Gasteiger partial charge in [-0.2, -0.15) is 0 Å². The quantitative estimate of drug-likeness (QED) is 0.401. The standard InChI is InChI=1S/C10H18NO/c1-3-4-5-6-7-8-9-11(2)10-12/h1,3,10H,4-9H2,2H3. The van der Waals surface area contributed by atoms with Crippen LogP contribution in [0.15, 0.2) is 6.08 Å². The Kier molecular flexibility index (Phi) is 7.76. The fourth-order valence-corrected chi connectivity index (χ4v) is 1.03. The normalized spacial score (nSPS) is 9.42. The van der Waals surface area contributed by atoms with Gasteiger partial charge in [0.05, 0.1) is 0 Å². The van der Waals surface area contributed by atoms with Crippen LogP contribution in [0.25, 0.3) is 0 Å². The molecule has 2 nitrogen and oxygen atoms in total. The Labute approximate surface area is 75.3 Å². The van der Waals surface area contributed by atoms with Crippen LogP contribution in [0.3, 0.4) is 0 Å². The fraction of sp³-hybridized carbons (Fsp3) is 0.700. The lowest BCUT2D eigenvalue weighted by Gasteiger charge is -2.08. The smallest absolute Gasteiger partial charge is 0.209 e. The molecule has 1 radical (unpaired) electrons. The lowest BCUT2D eigenvalue weighted by Crippen LogP contribution is -2.16. The predicted molar refractivity (Wildman–Crippen MR) is 50.6 cm³/mol. The van der Waals surface area contributed by atoms with E-state index in [0.717, 1.165) is 25.8 Å². The van der Waals surface area contributed by atoms with Crippen LogP contribution in [-0.2, 0) is 4.79 Å². The number of hydrogen-bond donors (Lipinski definition) is 0. The number of carbonyl (C=O) groups is 1. The third kappa shape index (κ3) is 7.32. The molecule has 0 fully saturated rings. The van der Waals surface area contributed by atoms with Crippen molar-refractivity contribution >= 4 is 6.41 Å². The van der Waals surface area contributed by atoms with Gasteiger partial charge < -0.3 is 4.90 Å². The van der Waals surface area contributed by atoms with Crippen molar-refractivity contribution in [3.8, 4) is 0 Å². The Balaban J connectivity index is 2.99. The Hall–Kier alpha value is -0.790. The molecule has 0 aliphatic rings. The van der Waals surface area contributed by atoms with Crippen molar-refractivity contribution in [2.45, 2.75) is 32.1 Å². The number of unbranched alkanes of at least 4 members (excludes halogenated alkanes) is 4. The van der Waals surface area contributed by atoms with Crippen LogP contribution in [0.2, 0.25) is 0 Å². The zero-order valence-corrected chi connectivity index (χ0v) is 7.83. The molecule has 0 heterocycles. The average molecular weight is 168 g/mol. The Morgan fingerprint density at radius 3 is 2.50 bits per heavy atom. The van der Waals surface area contributed by atoms with Crippen LogP contribution in [0.1, 0.15) is 32.1 Å². The van der Waals surface area contributed by atoms with Gasteiger partial charge in [-0.3, -0.25) is 4.79 Å². The van der Waals surface area contributed by atoms with Crippen molar-refractivity contribution in [2.24, 2.45) is 0 Å². The fourth-order valence-electron chi connectivity index (χ4n) is 1.03. The molecule has 0 saturated heterocycles. The monoisotopic (exact) mass is 168 g/mol. The highest BCUT2D eigenvalue weighted by Crippen LogP contribution is 2.03. The zero-order chi connectivity index (χ0) is 9.23. The molecule has 0 aromatic rings. The van der Waals surface area contributed by atoms with Gasteiger partial charge in [-0.25, -0.2) is 0 Å². The molecule has 1 amide bonds. The number of allylic oxidation sites excluding steroid dienone is 1. The first-order valence-electron chi connectivity index (χ1n) is 4.50. The summed E-state index contributed by atoms with van der Waals surface area (Å²) in [6.07, 6.45) is 8.24. The van der Waals surface area contributed by atoms with Crippen LogP contribution < -0.4 is 0 Å². The molecule has 0 aliphatic carbocycles. The van der Waals surface area contributed by atoms with Gasteiger partial charge in [0.25, 0.3) is 0 Å². The maximum atomic E-state index is 10.2. The lowest BCUT2D eigenvalue weighted by molar-refractivity contribution is -0.117. The molecule has 0 unspecified atom stereocenters. The molecule has 12 heavy (non-hydrogen) atoms. The molecule has 0 N–H and O–H groups in total. The molecule has 0 aliphatic heterocycles. The molecule has 0 rings (SSSR count). The minimum Gasteiger partial charge on any atom is -0.348 e. The maximum absolute atomic E-state index is 10.2. The van der Waals surface area contributed by atoms with Gasteiger partial charge in [-0.15, -0.1) is 0 Å². The molecule has 0 atom stereocenters. The summed E-state index contributed by atoms with van der Waals surface area (Å²) in [5.41, 5.74) is 0. The van der Waals surface area contributed by atoms with Crippen LogP contribution in [0.5, 0.6) is 0 Å². The van der Waals surface area contributed by atoms with Gasteiger partial charge in [0.15, 0.2) is 0 Å². The van der Waals surface area contributed by atoms with Crippen LogP contribution in [0.4, 0.5) is 0 Å². The summed E-state index contributed by atoms with van der Waals surface area (Å²) >= 11 is 0. The van der Waals surface area contributed by atoms with E-state index >= 15 is 0 Å². The summed E-state index contributed by atoms with van der Waals surface area (Å²) < 4.78 is 0. The van der Waals surface area contributed by atoms with E-state index < -0.39 is 0 Å². The molecule has 0 aromatic heterocycles. The molecule has 69 valence electrons. The van der Waals surface area contributed by atoms with Crippen molar-refractivity contribution < 1.29 is 4.79 Å². The highest BCUT2D eigenvalue weighted by Gasteiger charge is 1.92. The summed E-state index contributed by atoms with van der Waals surface area (Å²) in [5, 5.41) is 0. The summed E-state index contributed by atoms with van der Waals surface area (Å²) in [4.78, 5) is 11.9. The SMILES string of the molecule is [CH]=CCCCCCCN(C)C=O. The van der Waals surface area contributed by atoms with E-state index in [1.807, 2.05) is 0 Å². The van der Waals surface area contributed by atoms with E-state index in [9.17, 15) is 4.79 Å². The largest absolute Gasteiger partial charge is 0.348 e. The number of amides is 1. The number of nitrogens with zero attached hydrogens (tertiary/aromatic N) is 1. The Bertz CT molecular complexity index is 123. The second-order valence-electron chi connectivity index (χ2n) is 3.02. The average Bonchev–Trinajstić information content (AvgIpc) is 2.10. The van der Waals surface area contributed by atoms with E-state index in [4.69, 9.17) is 6.58 Å². The van der Waals surface area contributed by atoms with Gasteiger partial charge in [0.2, 0.25) is 6.41 Å². The summed E-state index contributed by atoms with van der Waals surface area (Å²) in [5.74, 6) is 0. The van der Waals surface area contributed by atoms with Crippen molar-refractivity contribution in [3.63, 3.8) is 0 Å². The summed E-state index contributed by atoms with van der Waals surface area (Å²) in [7, 11) is 1.81. The third-order valence-corrected chi connectivity index (χ3v) is 1.81. The zero-order valence-electron chi connectivity index (χ0n) is 7.83. The van der Waals surface area contributed by atoms with Crippen molar-refractivity contribution in [1.29, 1.82) is 0 Å². The first-order valence-corrected chi connectivity index (χ1v) is 4.50. The van der Waals surface area contributed by atoms with Gasteiger partial charge in [0.1, 0.15) is 0 Å². The second kappa shape index (κ2) is 8.31. The van der Waals surface area contributed by atoms with Crippen molar-refractivity contribution in [2.75, 3.05) is 13.6 Å². The van der Waals surface area contributed by atoms with Crippen LogP contribution >= 0.6 is 0 Å². The first-order chi connectivity index (χ1) is 5.81. The molecular formula is C10H18NO. The molecule has 0 aromatic carbocycles. The molecule has 0 spiro atoms. The van der Waals surface area contributed by atoms with Gasteiger partial charge >= 0.3 is 0 Å². The number of hydrogen-bond acceptors (Lipinski definition) is 1. The number of carbonyl (C=O) groups excluding carboxylic acids is 1. The highest BCUT2D eigenvalue weighted by atomic mass is 16.1. The van der Waals surface area contributed by atoms with Crippen molar-refractivity contribution in [1.82, 2.24) is 4.90 Å². The molecule has 0 saturated carbocycles. The van der Waals surface area contributed by atoms with Gasteiger partial charge in [0, 0.05) is 13.6 Å². The molecule has 2 heteroatoms. The Morgan fingerprint density at radius 1 is 1.25 bits per heavy atom. The van der Waals surface area contributed by atoms with E-state index in [0.29, 0.717) is 0 Å². The maximum Gasteiger partial charge on any atom is 0.209 e. The third-order valence-electron chi connectivity index (χ3n) is 1.81. The molecule has 0 bridgehead atoms. The summed E-state index contributed by atoms with van der Waals surface area (Å²) in [6, 6.07) is 0. The molecular weight excluding hydrogens is 150 g/mol. The minimum atomic E-state index is 0.869. The topological polar surface area (TPSA) is 20.3 Å². The van der Waals surface area contributed by atoms with E-state index in [1.165, 1.54) is 19.3 Å².